The number of carbonyl (C=O) groups is 3. The fraction of sp³-hybridized carbons (Fsp3) is 0.357. The van der Waals surface area contributed by atoms with Crippen LogP contribution < -0.4 is 16.0 Å². The van der Waals surface area contributed by atoms with E-state index in [2.05, 4.69) is 15.3 Å². The minimum absolute atomic E-state index is 0.0119. The Kier molecular flexibility index (Phi) is 4.76. The van der Waals surface area contributed by atoms with Gasteiger partial charge in [0.1, 0.15) is 0 Å². The first-order valence-electron chi connectivity index (χ1n) is 7.37. The second-order valence-electron chi connectivity index (χ2n) is 5.21. The van der Waals surface area contributed by atoms with Crippen molar-refractivity contribution in [3.8, 4) is 0 Å². The van der Waals surface area contributed by atoms with E-state index in [4.69, 9.17) is 5.73 Å². The minimum Gasteiger partial charge on any atom is -0.338 e. The van der Waals surface area contributed by atoms with Gasteiger partial charge in [-0.2, -0.15) is 0 Å². The lowest BCUT2D eigenvalue weighted by Gasteiger charge is -2.34. The lowest BCUT2D eigenvalue weighted by Crippen LogP contribution is -2.50. The highest BCUT2D eigenvalue weighted by atomic mass is 32.2. The molecule has 0 aromatic carbocycles. The molecule has 0 radical (unpaired) electrons. The number of amides is 3. The molecule has 2 aliphatic rings. The van der Waals surface area contributed by atoms with Crippen molar-refractivity contribution in [2.75, 3.05) is 37.6 Å². The predicted octanol–water partition coefficient (Wildman–Crippen LogP) is -0.592. The number of nitrogens with zero attached hydrogens (tertiary/aromatic N) is 4. The molecule has 126 valence electrons. The van der Waals surface area contributed by atoms with Crippen LogP contribution in [0.25, 0.3) is 6.08 Å². The van der Waals surface area contributed by atoms with Crippen LogP contribution in [0.1, 0.15) is 5.69 Å². The summed E-state index contributed by atoms with van der Waals surface area (Å²) in [5, 5.41) is 1.81. The van der Waals surface area contributed by atoms with Crippen LogP contribution >= 0.6 is 11.8 Å². The van der Waals surface area contributed by atoms with Gasteiger partial charge in [-0.3, -0.25) is 19.7 Å². The van der Waals surface area contributed by atoms with E-state index in [1.165, 1.54) is 0 Å². The zero-order valence-corrected chi connectivity index (χ0v) is 13.6. The molecular weight excluding hydrogens is 332 g/mol. The molecule has 1 aromatic rings. The summed E-state index contributed by atoms with van der Waals surface area (Å²) in [7, 11) is 0. The van der Waals surface area contributed by atoms with Crippen LogP contribution in [-0.2, 0) is 9.59 Å². The molecule has 0 bridgehead atoms. The van der Waals surface area contributed by atoms with E-state index in [0.717, 1.165) is 11.8 Å². The summed E-state index contributed by atoms with van der Waals surface area (Å²) >= 11 is 0.847. The summed E-state index contributed by atoms with van der Waals surface area (Å²) in [6, 6.07) is 1.67. The van der Waals surface area contributed by atoms with Crippen molar-refractivity contribution in [3.63, 3.8) is 0 Å². The lowest BCUT2D eigenvalue weighted by molar-refractivity contribution is -0.130. The average Bonchev–Trinajstić information content (AvgIpc) is 2.92. The number of nitrogens with two attached hydrogens (primary N) is 1. The summed E-state index contributed by atoms with van der Waals surface area (Å²) in [4.78, 5) is 47.0. The number of aromatic nitrogens is 2. The van der Waals surface area contributed by atoms with Crippen molar-refractivity contribution in [3.05, 3.63) is 22.9 Å². The smallest absolute Gasteiger partial charge is 0.290 e. The molecule has 0 aliphatic carbocycles. The molecule has 24 heavy (non-hydrogen) atoms. The Morgan fingerprint density at radius 1 is 1.33 bits per heavy atom. The van der Waals surface area contributed by atoms with E-state index in [1.54, 1.807) is 23.2 Å². The van der Waals surface area contributed by atoms with E-state index < -0.39 is 5.91 Å². The van der Waals surface area contributed by atoms with E-state index in [9.17, 15) is 14.4 Å². The number of rotatable bonds is 3. The van der Waals surface area contributed by atoms with Gasteiger partial charge in [0.2, 0.25) is 11.9 Å². The summed E-state index contributed by atoms with van der Waals surface area (Å²) in [6.45, 7) is 2.37. The number of carbonyl (C=O) groups excluding carboxylic acids is 3. The van der Waals surface area contributed by atoms with Gasteiger partial charge < -0.3 is 15.5 Å². The minimum atomic E-state index is -0.418. The zero-order chi connectivity index (χ0) is 17.1. The van der Waals surface area contributed by atoms with Crippen LogP contribution in [0.4, 0.5) is 10.7 Å². The Labute approximate surface area is 142 Å². The normalized spacial score (nSPS) is 19.8. The third-order valence-corrected chi connectivity index (χ3v) is 4.49. The van der Waals surface area contributed by atoms with Crippen LogP contribution in [0.2, 0.25) is 0 Å². The fourth-order valence-corrected chi connectivity index (χ4v) is 3.10. The maximum Gasteiger partial charge on any atom is 0.290 e. The van der Waals surface area contributed by atoms with E-state index in [0.29, 0.717) is 42.7 Å². The Bertz CT molecular complexity index is 714. The van der Waals surface area contributed by atoms with Crippen LogP contribution in [-0.4, -0.2) is 64.6 Å². The van der Waals surface area contributed by atoms with E-state index in [-0.39, 0.29) is 17.7 Å². The highest BCUT2D eigenvalue weighted by Crippen LogP contribution is 2.25. The van der Waals surface area contributed by atoms with Gasteiger partial charge in [-0.25, -0.2) is 9.97 Å². The number of hydrogen-bond donors (Lipinski definition) is 2. The van der Waals surface area contributed by atoms with Crippen molar-refractivity contribution < 1.29 is 14.4 Å². The van der Waals surface area contributed by atoms with Crippen LogP contribution in [0.5, 0.6) is 0 Å². The number of piperazine rings is 1. The Morgan fingerprint density at radius 2 is 2.08 bits per heavy atom. The average molecular weight is 348 g/mol. The van der Waals surface area contributed by atoms with Gasteiger partial charge in [0, 0.05) is 32.4 Å². The number of thioether (sulfide) groups is 1. The van der Waals surface area contributed by atoms with Gasteiger partial charge >= 0.3 is 0 Å². The molecule has 10 heteroatoms. The van der Waals surface area contributed by atoms with Crippen LogP contribution in [0.15, 0.2) is 17.2 Å². The first-order chi connectivity index (χ1) is 11.6. The molecule has 0 saturated carbocycles. The van der Waals surface area contributed by atoms with Gasteiger partial charge in [-0.15, -0.1) is 0 Å². The third kappa shape index (κ3) is 3.54. The molecular formula is C14H16N6O3S. The zero-order valence-electron chi connectivity index (χ0n) is 12.8. The van der Waals surface area contributed by atoms with Crippen molar-refractivity contribution in [2.45, 2.75) is 0 Å². The first-order valence-corrected chi connectivity index (χ1v) is 8.19. The Morgan fingerprint density at radius 3 is 2.71 bits per heavy atom. The van der Waals surface area contributed by atoms with Gasteiger partial charge in [0.05, 0.1) is 17.1 Å². The van der Waals surface area contributed by atoms with Gasteiger partial charge in [-0.05, 0) is 23.9 Å². The molecule has 0 unspecified atom stereocenters. The molecule has 3 N–H and O–H groups in total. The highest BCUT2D eigenvalue weighted by molar-refractivity contribution is 8.18. The highest BCUT2D eigenvalue weighted by Gasteiger charge is 2.25. The molecule has 3 amide bonds. The summed E-state index contributed by atoms with van der Waals surface area (Å²) in [5.41, 5.74) is 5.92. The van der Waals surface area contributed by atoms with Gasteiger partial charge in [0.15, 0.2) is 0 Å². The second-order valence-corrected chi connectivity index (χ2v) is 6.22. The van der Waals surface area contributed by atoms with Crippen molar-refractivity contribution in [1.82, 2.24) is 20.2 Å². The predicted molar refractivity (Wildman–Crippen MR) is 89.0 cm³/mol. The van der Waals surface area contributed by atoms with E-state index >= 15 is 0 Å². The summed E-state index contributed by atoms with van der Waals surface area (Å²) in [5.74, 6) is 0.0426. The Hall–Kier alpha value is -2.46. The topological polar surface area (TPSA) is 122 Å². The molecule has 2 saturated heterocycles. The molecule has 3 rings (SSSR count). The van der Waals surface area contributed by atoms with Gasteiger partial charge in [0.25, 0.3) is 11.1 Å². The van der Waals surface area contributed by atoms with Crippen molar-refractivity contribution in [2.24, 2.45) is 5.73 Å². The van der Waals surface area contributed by atoms with Gasteiger partial charge in [-0.1, -0.05) is 0 Å². The third-order valence-electron chi connectivity index (χ3n) is 3.68. The fourth-order valence-electron chi connectivity index (χ4n) is 2.43. The molecule has 2 fully saturated rings. The monoisotopic (exact) mass is 348 g/mol. The molecule has 2 aliphatic heterocycles. The number of hydrogen-bond acceptors (Lipinski definition) is 8. The van der Waals surface area contributed by atoms with E-state index in [1.807, 2.05) is 4.90 Å². The maximum absolute atomic E-state index is 11.6. The molecule has 0 atom stereocenters. The molecule has 0 spiro atoms. The molecule has 3 heterocycles. The molecule has 9 nitrogen and oxygen atoms in total. The Balaban J connectivity index is 1.70. The number of anilines is 1. The van der Waals surface area contributed by atoms with Crippen LogP contribution in [0, 0.1) is 0 Å². The quantitative estimate of drug-likeness (QED) is 0.695. The summed E-state index contributed by atoms with van der Waals surface area (Å²) < 4.78 is 0. The SMILES string of the molecule is NCC(=O)N1CCN(c2nccc(C=C3SC(=O)NC3=O)n2)CC1. The van der Waals surface area contributed by atoms with Crippen LogP contribution in [0.3, 0.4) is 0 Å². The standard InChI is InChI=1S/C14H16N6O3S/c15-8-11(21)19-3-5-20(6-4-19)13-16-2-1-9(17-13)7-10-12(22)18-14(23)24-10/h1-2,7H,3-6,8,15H2,(H,18,22,23). The largest absolute Gasteiger partial charge is 0.338 e. The lowest BCUT2D eigenvalue weighted by atomic mass is 10.3. The number of imide groups is 1. The molecule has 1 aromatic heterocycles. The van der Waals surface area contributed by atoms with Crippen molar-refractivity contribution in [1.29, 1.82) is 0 Å². The first kappa shape index (κ1) is 16.4. The maximum atomic E-state index is 11.6. The second kappa shape index (κ2) is 6.97. The number of nitrogens with one attached hydrogen (secondary N) is 1. The van der Waals surface area contributed by atoms with Crippen molar-refractivity contribution >= 4 is 40.8 Å². The summed E-state index contributed by atoms with van der Waals surface area (Å²) in [6.07, 6.45) is 3.16.